The number of rotatable bonds is 9. The maximum absolute atomic E-state index is 12.4. The van der Waals surface area contributed by atoms with Crippen LogP contribution in [-0.2, 0) is 6.42 Å². The number of anilines is 1. The lowest BCUT2D eigenvalue weighted by Gasteiger charge is -2.11. The number of amides is 1. The van der Waals surface area contributed by atoms with Crippen molar-refractivity contribution in [1.29, 1.82) is 0 Å². The smallest absolute Gasteiger partial charge is 0.270 e. The molecular formula is C19H27N5O2. The molecule has 0 radical (unpaired) electrons. The zero-order valence-electron chi connectivity index (χ0n) is 15.9. The minimum absolute atomic E-state index is 0.195. The van der Waals surface area contributed by atoms with E-state index < -0.39 is 0 Å². The number of nitrogens with one attached hydrogen (secondary N) is 2. The molecule has 0 bridgehead atoms. The number of ether oxygens (including phenoxy) is 1. The number of hydrogen-bond acceptors (Lipinski definition) is 6. The van der Waals surface area contributed by atoms with Crippen molar-refractivity contribution in [2.24, 2.45) is 0 Å². The highest BCUT2D eigenvalue weighted by Gasteiger charge is 2.10. The van der Waals surface area contributed by atoms with Gasteiger partial charge < -0.3 is 20.3 Å². The highest BCUT2D eigenvalue weighted by molar-refractivity contribution is 5.92. The number of methoxy groups -OCH3 is 1. The van der Waals surface area contributed by atoms with E-state index in [2.05, 4.69) is 25.5 Å². The lowest BCUT2D eigenvalue weighted by molar-refractivity contribution is 0.0949. The molecule has 26 heavy (non-hydrogen) atoms. The van der Waals surface area contributed by atoms with Gasteiger partial charge in [-0.25, -0.2) is 9.97 Å². The van der Waals surface area contributed by atoms with Crippen LogP contribution < -0.4 is 15.4 Å². The van der Waals surface area contributed by atoms with Gasteiger partial charge in [-0.1, -0.05) is 12.1 Å². The predicted octanol–water partition coefficient (Wildman–Crippen LogP) is 1.74. The van der Waals surface area contributed by atoms with Gasteiger partial charge in [-0.3, -0.25) is 4.79 Å². The van der Waals surface area contributed by atoms with Crippen LogP contribution in [0.2, 0.25) is 0 Å². The third kappa shape index (κ3) is 6.33. The van der Waals surface area contributed by atoms with Gasteiger partial charge in [-0.15, -0.1) is 0 Å². The maximum atomic E-state index is 12.4. The van der Waals surface area contributed by atoms with Crippen LogP contribution in [-0.4, -0.2) is 61.6 Å². The van der Waals surface area contributed by atoms with Gasteiger partial charge in [0, 0.05) is 25.3 Å². The van der Waals surface area contributed by atoms with E-state index in [0.29, 0.717) is 18.2 Å². The topological polar surface area (TPSA) is 79.4 Å². The fraction of sp³-hybridized carbons (Fsp3) is 0.421. The van der Waals surface area contributed by atoms with Crippen molar-refractivity contribution < 1.29 is 9.53 Å². The zero-order valence-corrected chi connectivity index (χ0v) is 15.9. The van der Waals surface area contributed by atoms with Crippen molar-refractivity contribution in [3.8, 4) is 5.75 Å². The first kappa shape index (κ1) is 19.7. The molecule has 0 unspecified atom stereocenters. The largest absolute Gasteiger partial charge is 0.497 e. The number of aromatic nitrogens is 2. The number of hydrogen-bond donors (Lipinski definition) is 2. The minimum atomic E-state index is -0.195. The number of nitrogens with zero attached hydrogens (tertiary/aromatic N) is 3. The summed E-state index contributed by atoms with van der Waals surface area (Å²) in [4.78, 5) is 23.1. The van der Waals surface area contributed by atoms with Gasteiger partial charge >= 0.3 is 0 Å². The van der Waals surface area contributed by atoms with Crippen LogP contribution in [0.5, 0.6) is 5.75 Å². The number of aryl methyl sites for hydroxylation is 1. The molecule has 1 aromatic heterocycles. The average molecular weight is 357 g/mol. The molecule has 2 rings (SSSR count). The Morgan fingerprint density at radius 3 is 2.54 bits per heavy atom. The van der Waals surface area contributed by atoms with Crippen LogP contribution in [0.3, 0.4) is 0 Å². The van der Waals surface area contributed by atoms with Crippen LogP contribution >= 0.6 is 0 Å². The molecule has 1 aromatic carbocycles. The highest BCUT2D eigenvalue weighted by Crippen LogP contribution is 2.11. The van der Waals surface area contributed by atoms with Gasteiger partial charge in [-0.2, -0.15) is 0 Å². The van der Waals surface area contributed by atoms with E-state index in [9.17, 15) is 4.79 Å². The Kier molecular flexibility index (Phi) is 7.35. The molecule has 1 amide bonds. The number of carbonyl (C=O) groups is 1. The number of benzene rings is 1. The molecule has 0 saturated heterocycles. The summed E-state index contributed by atoms with van der Waals surface area (Å²) in [6.45, 7) is 3.97. The Morgan fingerprint density at radius 1 is 1.15 bits per heavy atom. The monoisotopic (exact) mass is 357 g/mol. The Morgan fingerprint density at radius 2 is 1.88 bits per heavy atom. The van der Waals surface area contributed by atoms with E-state index in [1.54, 1.807) is 13.2 Å². The lowest BCUT2D eigenvalue weighted by Crippen LogP contribution is -2.27. The summed E-state index contributed by atoms with van der Waals surface area (Å²) in [5.41, 5.74) is 2.27. The molecule has 0 spiro atoms. The molecule has 0 aliphatic rings. The van der Waals surface area contributed by atoms with Crippen molar-refractivity contribution in [2.75, 3.05) is 46.2 Å². The predicted molar refractivity (Wildman–Crippen MR) is 103 cm³/mol. The van der Waals surface area contributed by atoms with E-state index >= 15 is 0 Å². The summed E-state index contributed by atoms with van der Waals surface area (Å²) in [7, 11) is 5.64. The van der Waals surface area contributed by atoms with Gasteiger partial charge in [0.25, 0.3) is 5.91 Å². The zero-order chi connectivity index (χ0) is 18.9. The minimum Gasteiger partial charge on any atom is -0.497 e. The van der Waals surface area contributed by atoms with Gasteiger partial charge in [0.05, 0.1) is 7.11 Å². The first-order valence-corrected chi connectivity index (χ1v) is 8.63. The second-order valence-corrected chi connectivity index (χ2v) is 6.30. The fourth-order valence-electron chi connectivity index (χ4n) is 2.36. The second-order valence-electron chi connectivity index (χ2n) is 6.30. The fourth-order valence-corrected chi connectivity index (χ4v) is 2.36. The molecule has 7 nitrogen and oxygen atoms in total. The van der Waals surface area contributed by atoms with E-state index in [4.69, 9.17) is 4.74 Å². The summed E-state index contributed by atoms with van der Waals surface area (Å²) in [5, 5.41) is 6.06. The Balaban J connectivity index is 1.88. The maximum Gasteiger partial charge on any atom is 0.270 e. The van der Waals surface area contributed by atoms with Crippen LogP contribution in [0.1, 0.15) is 21.7 Å². The average Bonchev–Trinajstić information content (AvgIpc) is 2.61. The Bertz CT molecular complexity index is 716. The normalized spacial score (nSPS) is 10.7. The Hall–Kier alpha value is -2.67. The lowest BCUT2D eigenvalue weighted by atomic mass is 10.1. The van der Waals surface area contributed by atoms with Crippen molar-refractivity contribution in [1.82, 2.24) is 20.2 Å². The van der Waals surface area contributed by atoms with Crippen LogP contribution in [0, 0.1) is 6.92 Å². The summed E-state index contributed by atoms with van der Waals surface area (Å²) in [5.74, 6) is 1.11. The van der Waals surface area contributed by atoms with Gasteiger partial charge in [0.15, 0.2) is 0 Å². The van der Waals surface area contributed by atoms with Gasteiger partial charge in [-0.05, 0) is 51.2 Å². The van der Waals surface area contributed by atoms with E-state index in [1.165, 1.54) is 0 Å². The summed E-state index contributed by atoms with van der Waals surface area (Å²) in [6, 6.07) is 9.51. The highest BCUT2D eigenvalue weighted by atomic mass is 16.5. The third-order valence-electron chi connectivity index (χ3n) is 3.79. The van der Waals surface area contributed by atoms with Crippen molar-refractivity contribution >= 4 is 11.9 Å². The van der Waals surface area contributed by atoms with Gasteiger partial charge in [0.1, 0.15) is 11.4 Å². The quantitative estimate of drug-likeness (QED) is 0.712. The van der Waals surface area contributed by atoms with Crippen LogP contribution in [0.25, 0.3) is 0 Å². The summed E-state index contributed by atoms with van der Waals surface area (Å²) in [6.07, 6.45) is 0.744. The van der Waals surface area contributed by atoms with Crippen molar-refractivity contribution in [3.63, 3.8) is 0 Å². The molecule has 0 saturated carbocycles. The molecule has 7 heteroatoms. The third-order valence-corrected chi connectivity index (χ3v) is 3.79. The standard InChI is InChI=1S/C19H27N5O2/c1-14-13-17(23-19(22-14)21-11-12-24(2)3)18(25)20-10-9-15-5-7-16(26-4)8-6-15/h5-8,13H,9-12H2,1-4H3,(H,20,25)(H,21,22,23). The van der Waals surface area contributed by atoms with Crippen LogP contribution in [0.4, 0.5) is 5.95 Å². The molecule has 1 heterocycles. The van der Waals surface area contributed by atoms with Crippen LogP contribution in [0.15, 0.2) is 30.3 Å². The summed E-state index contributed by atoms with van der Waals surface area (Å²) < 4.78 is 5.14. The van der Waals surface area contributed by atoms with Gasteiger partial charge in [0.2, 0.25) is 5.95 Å². The second kappa shape index (κ2) is 9.72. The Labute approximate surface area is 154 Å². The first-order chi connectivity index (χ1) is 12.5. The van der Waals surface area contributed by atoms with E-state index in [-0.39, 0.29) is 5.91 Å². The molecule has 140 valence electrons. The molecule has 2 N–H and O–H groups in total. The molecule has 2 aromatic rings. The summed E-state index contributed by atoms with van der Waals surface area (Å²) >= 11 is 0. The number of carbonyl (C=O) groups excluding carboxylic acids is 1. The van der Waals surface area contributed by atoms with Crippen molar-refractivity contribution in [3.05, 3.63) is 47.3 Å². The first-order valence-electron chi connectivity index (χ1n) is 8.63. The molecule has 0 atom stereocenters. The molecule has 0 aliphatic heterocycles. The number of likely N-dealkylation sites (N-methyl/N-ethyl adjacent to an activating group) is 1. The van der Waals surface area contributed by atoms with Crippen molar-refractivity contribution in [2.45, 2.75) is 13.3 Å². The van der Waals surface area contributed by atoms with E-state index in [0.717, 1.165) is 36.5 Å². The molecule has 0 aliphatic carbocycles. The molecule has 0 fully saturated rings. The molecular weight excluding hydrogens is 330 g/mol. The SMILES string of the molecule is COc1ccc(CCNC(=O)c2cc(C)nc(NCCN(C)C)n2)cc1. The van der Waals surface area contributed by atoms with E-state index in [1.807, 2.05) is 45.3 Å².